The van der Waals surface area contributed by atoms with Gasteiger partial charge in [-0.25, -0.2) is 0 Å². The first-order valence-electron chi connectivity index (χ1n) is 11.5. The SMILES string of the molecule is CCOc1ccc(-n2c(SCC(=O)Nc3ccc(OC)cc3)nnc2-c2c[nH]c3ccccc23)cc1. The molecule has 8 nitrogen and oxygen atoms in total. The van der Waals surface area contributed by atoms with E-state index < -0.39 is 0 Å². The number of fused-ring (bicyclic) bond motifs is 1. The average Bonchev–Trinajstić information content (AvgIpc) is 3.53. The fourth-order valence-corrected chi connectivity index (χ4v) is 4.64. The van der Waals surface area contributed by atoms with Gasteiger partial charge in [-0.05, 0) is 61.5 Å². The highest BCUT2D eigenvalue weighted by molar-refractivity contribution is 7.99. The predicted molar refractivity (Wildman–Crippen MR) is 142 cm³/mol. The second-order valence-electron chi connectivity index (χ2n) is 7.88. The van der Waals surface area contributed by atoms with Crippen LogP contribution in [0.1, 0.15) is 6.92 Å². The Kier molecular flexibility index (Phi) is 6.90. The van der Waals surface area contributed by atoms with Crippen LogP contribution in [0.2, 0.25) is 0 Å². The molecule has 182 valence electrons. The fourth-order valence-electron chi connectivity index (χ4n) is 3.89. The Morgan fingerprint density at radius 2 is 1.75 bits per heavy atom. The van der Waals surface area contributed by atoms with E-state index in [2.05, 4.69) is 20.5 Å². The average molecular weight is 500 g/mol. The summed E-state index contributed by atoms with van der Waals surface area (Å²) in [5.74, 6) is 2.25. The molecule has 1 amide bonds. The number of H-pyrrole nitrogens is 1. The van der Waals surface area contributed by atoms with Crippen molar-refractivity contribution < 1.29 is 14.3 Å². The number of ether oxygens (including phenoxy) is 2. The Morgan fingerprint density at radius 3 is 2.50 bits per heavy atom. The summed E-state index contributed by atoms with van der Waals surface area (Å²) < 4.78 is 12.7. The number of rotatable bonds is 9. The smallest absolute Gasteiger partial charge is 0.234 e. The van der Waals surface area contributed by atoms with Gasteiger partial charge in [-0.2, -0.15) is 0 Å². The van der Waals surface area contributed by atoms with E-state index in [0.717, 1.165) is 33.7 Å². The zero-order valence-corrected chi connectivity index (χ0v) is 20.7. The number of benzene rings is 3. The minimum atomic E-state index is -0.139. The molecule has 3 aromatic carbocycles. The van der Waals surface area contributed by atoms with Crippen LogP contribution in [-0.4, -0.2) is 45.1 Å². The second-order valence-corrected chi connectivity index (χ2v) is 8.82. The van der Waals surface area contributed by atoms with Crippen LogP contribution in [0.4, 0.5) is 5.69 Å². The number of methoxy groups -OCH3 is 1. The van der Waals surface area contributed by atoms with Crippen molar-refractivity contribution in [2.24, 2.45) is 0 Å². The van der Waals surface area contributed by atoms with E-state index in [1.54, 1.807) is 31.4 Å². The third-order valence-corrected chi connectivity index (χ3v) is 6.50. The Labute approximate surface area is 212 Å². The first-order chi connectivity index (χ1) is 17.7. The zero-order valence-electron chi connectivity index (χ0n) is 19.9. The number of para-hydroxylation sites is 1. The molecule has 2 N–H and O–H groups in total. The van der Waals surface area contributed by atoms with E-state index in [-0.39, 0.29) is 11.7 Å². The summed E-state index contributed by atoms with van der Waals surface area (Å²) in [4.78, 5) is 16.0. The molecular formula is C27H25N5O3S. The lowest BCUT2D eigenvalue weighted by Gasteiger charge is -2.11. The molecule has 0 saturated carbocycles. The molecule has 0 bridgehead atoms. The molecular weight excluding hydrogens is 474 g/mol. The quantitative estimate of drug-likeness (QED) is 0.258. The van der Waals surface area contributed by atoms with E-state index >= 15 is 0 Å². The van der Waals surface area contributed by atoms with Gasteiger partial charge in [-0.15, -0.1) is 10.2 Å². The molecule has 0 aliphatic carbocycles. The molecule has 9 heteroatoms. The lowest BCUT2D eigenvalue weighted by Crippen LogP contribution is -2.14. The molecule has 0 radical (unpaired) electrons. The van der Waals surface area contributed by atoms with Crippen molar-refractivity contribution in [3.8, 4) is 28.6 Å². The van der Waals surface area contributed by atoms with Gasteiger partial charge < -0.3 is 19.8 Å². The number of carbonyl (C=O) groups is 1. The van der Waals surface area contributed by atoms with E-state index in [9.17, 15) is 4.79 Å². The highest BCUT2D eigenvalue weighted by atomic mass is 32.2. The highest BCUT2D eigenvalue weighted by Gasteiger charge is 2.20. The van der Waals surface area contributed by atoms with Crippen LogP contribution in [-0.2, 0) is 4.79 Å². The summed E-state index contributed by atoms with van der Waals surface area (Å²) in [5, 5.41) is 13.5. The Bertz CT molecular complexity index is 1480. The molecule has 36 heavy (non-hydrogen) atoms. The number of aromatic nitrogens is 4. The molecule has 0 atom stereocenters. The Morgan fingerprint density at radius 1 is 1.00 bits per heavy atom. The molecule has 0 aliphatic rings. The van der Waals surface area contributed by atoms with Gasteiger partial charge in [0, 0.05) is 34.0 Å². The van der Waals surface area contributed by atoms with Crippen molar-refractivity contribution in [2.45, 2.75) is 12.1 Å². The van der Waals surface area contributed by atoms with E-state index in [0.29, 0.717) is 23.3 Å². The maximum Gasteiger partial charge on any atom is 0.234 e. The van der Waals surface area contributed by atoms with Crippen molar-refractivity contribution in [3.63, 3.8) is 0 Å². The van der Waals surface area contributed by atoms with Crippen LogP contribution >= 0.6 is 11.8 Å². The number of hydrogen-bond acceptors (Lipinski definition) is 6. The number of nitrogens with zero attached hydrogens (tertiary/aromatic N) is 3. The molecule has 0 saturated heterocycles. The summed E-state index contributed by atoms with van der Waals surface area (Å²) in [6.45, 7) is 2.55. The Hall–Kier alpha value is -4.24. The minimum absolute atomic E-state index is 0.139. The summed E-state index contributed by atoms with van der Waals surface area (Å²) in [5.41, 5.74) is 3.53. The number of anilines is 1. The van der Waals surface area contributed by atoms with Crippen molar-refractivity contribution in [3.05, 3.63) is 79.0 Å². The third kappa shape index (κ3) is 4.92. The van der Waals surface area contributed by atoms with Gasteiger partial charge in [0.15, 0.2) is 11.0 Å². The normalized spacial score (nSPS) is 10.9. The van der Waals surface area contributed by atoms with Crippen LogP contribution in [0.5, 0.6) is 11.5 Å². The van der Waals surface area contributed by atoms with Crippen molar-refractivity contribution >= 4 is 34.3 Å². The van der Waals surface area contributed by atoms with Crippen molar-refractivity contribution in [1.29, 1.82) is 0 Å². The van der Waals surface area contributed by atoms with Gasteiger partial charge in [-0.3, -0.25) is 9.36 Å². The predicted octanol–water partition coefficient (Wildman–Crippen LogP) is 5.55. The van der Waals surface area contributed by atoms with Crippen molar-refractivity contribution in [1.82, 2.24) is 19.7 Å². The maximum atomic E-state index is 12.7. The second kappa shape index (κ2) is 10.6. The lowest BCUT2D eigenvalue weighted by molar-refractivity contribution is -0.113. The summed E-state index contributed by atoms with van der Waals surface area (Å²) in [6, 6.07) is 23.0. The van der Waals surface area contributed by atoms with Crippen LogP contribution in [0.3, 0.4) is 0 Å². The fraction of sp³-hybridized carbons (Fsp3) is 0.148. The van der Waals surface area contributed by atoms with Crippen LogP contribution in [0, 0.1) is 0 Å². The summed E-state index contributed by atoms with van der Waals surface area (Å²) >= 11 is 1.33. The minimum Gasteiger partial charge on any atom is -0.497 e. The van der Waals surface area contributed by atoms with Crippen LogP contribution in [0.25, 0.3) is 28.0 Å². The lowest BCUT2D eigenvalue weighted by atomic mass is 10.1. The van der Waals surface area contributed by atoms with E-state index in [1.807, 2.05) is 66.2 Å². The van der Waals surface area contributed by atoms with Gasteiger partial charge in [0.25, 0.3) is 0 Å². The molecule has 2 heterocycles. The molecule has 2 aromatic heterocycles. The summed E-state index contributed by atoms with van der Waals surface area (Å²) in [7, 11) is 1.61. The van der Waals surface area contributed by atoms with Gasteiger partial charge in [0.1, 0.15) is 11.5 Å². The first-order valence-corrected chi connectivity index (χ1v) is 12.5. The number of carbonyl (C=O) groups excluding carboxylic acids is 1. The largest absolute Gasteiger partial charge is 0.497 e. The van der Waals surface area contributed by atoms with Gasteiger partial charge >= 0.3 is 0 Å². The number of thioether (sulfide) groups is 1. The van der Waals surface area contributed by atoms with E-state index in [1.165, 1.54) is 11.8 Å². The maximum absolute atomic E-state index is 12.7. The van der Waals surface area contributed by atoms with Gasteiger partial charge in [0.05, 0.1) is 19.5 Å². The monoisotopic (exact) mass is 499 g/mol. The molecule has 0 spiro atoms. The standard InChI is InChI=1S/C27H25N5O3S/c1-3-35-21-14-10-19(11-15-21)32-26(23-16-28-24-7-5-4-6-22(23)24)30-31-27(32)36-17-25(33)29-18-8-12-20(34-2)13-9-18/h4-16,28H,3,17H2,1-2H3,(H,29,33). The third-order valence-electron chi connectivity index (χ3n) is 5.58. The molecule has 0 fully saturated rings. The highest BCUT2D eigenvalue weighted by Crippen LogP contribution is 2.33. The number of amides is 1. The number of aromatic amines is 1. The first kappa shape index (κ1) is 23.5. The molecule has 0 aliphatic heterocycles. The zero-order chi connectivity index (χ0) is 24.9. The van der Waals surface area contributed by atoms with Gasteiger partial charge in [0.2, 0.25) is 5.91 Å². The molecule has 5 rings (SSSR count). The van der Waals surface area contributed by atoms with Gasteiger partial charge in [-0.1, -0.05) is 30.0 Å². The van der Waals surface area contributed by atoms with E-state index in [4.69, 9.17) is 9.47 Å². The molecule has 0 unspecified atom stereocenters. The molecule has 5 aromatic rings. The Balaban J connectivity index is 1.44. The number of hydrogen-bond donors (Lipinski definition) is 2. The summed E-state index contributed by atoms with van der Waals surface area (Å²) in [6.07, 6.45) is 1.94. The van der Waals surface area contributed by atoms with Crippen LogP contribution < -0.4 is 14.8 Å². The van der Waals surface area contributed by atoms with Crippen LogP contribution in [0.15, 0.2) is 84.1 Å². The number of nitrogens with one attached hydrogen (secondary N) is 2. The van der Waals surface area contributed by atoms with Crippen molar-refractivity contribution in [2.75, 3.05) is 24.8 Å². The topological polar surface area (TPSA) is 94.1 Å².